The molecular weight excluding hydrogens is 214 g/mol. The third kappa shape index (κ3) is 9.42. The number of unbranched alkanes of at least 4 members (excludes halogenated alkanes) is 2. The van der Waals surface area contributed by atoms with Crippen LogP contribution >= 0.6 is 0 Å². The number of nitrogens with one attached hydrogen (secondary N) is 1. The first-order valence-electron chi connectivity index (χ1n) is 6.09. The first-order valence-corrected chi connectivity index (χ1v) is 6.09. The number of ether oxygens (including phenoxy) is 1. The minimum absolute atomic E-state index is 0.292. The fourth-order valence-electron chi connectivity index (χ4n) is 1.18. The minimum Gasteiger partial charge on any atom is -0.445 e. The first kappa shape index (κ1) is 15.5. The Kier molecular flexibility index (Phi) is 10.0. The molecule has 0 fully saturated rings. The van der Waals surface area contributed by atoms with Gasteiger partial charge in [0.25, 0.3) is 0 Å². The second-order valence-corrected chi connectivity index (χ2v) is 3.67. The van der Waals surface area contributed by atoms with Crippen LogP contribution in [-0.4, -0.2) is 19.2 Å². The number of amides is 1. The van der Waals surface area contributed by atoms with Crippen molar-refractivity contribution in [3.63, 3.8) is 0 Å². The van der Waals surface area contributed by atoms with Crippen molar-refractivity contribution in [3.05, 3.63) is 36.5 Å². The molecule has 17 heavy (non-hydrogen) atoms. The molecule has 0 aliphatic heterocycles. The van der Waals surface area contributed by atoms with Gasteiger partial charge in [-0.1, -0.05) is 50.6 Å². The lowest BCUT2D eigenvalue weighted by molar-refractivity contribution is 0.156. The van der Waals surface area contributed by atoms with Crippen LogP contribution in [0.15, 0.2) is 36.5 Å². The average Bonchev–Trinajstić information content (AvgIpc) is 2.35. The molecule has 0 rings (SSSR count). The lowest BCUT2D eigenvalue weighted by atomic mass is 10.2. The Hall–Kier alpha value is -1.51. The summed E-state index contributed by atoms with van der Waals surface area (Å²) in [5, 5.41) is 2.72. The normalized spacial score (nSPS) is 11.5. The molecule has 0 heterocycles. The number of carbonyl (C=O) groups excluding carboxylic acids is 1. The van der Waals surface area contributed by atoms with E-state index in [4.69, 9.17) is 4.74 Å². The lowest BCUT2D eigenvalue weighted by Gasteiger charge is -2.07. The van der Waals surface area contributed by atoms with Crippen molar-refractivity contribution >= 4 is 6.09 Å². The Morgan fingerprint density at radius 2 is 2.18 bits per heavy atom. The summed E-state index contributed by atoms with van der Waals surface area (Å²) in [6.45, 7) is 8.59. The van der Waals surface area contributed by atoms with Gasteiger partial charge in [0.2, 0.25) is 0 Å². The fraction of sp³-hybridized carbons (Fsp3) is 0.500. The molecule has 3 nitrogen and oxygen atoms in total. The summed E-state index contributed by atoms with van der Waals surface area (Å²) in [4.78, 5) is 11.3. The van der Waals surface area contributed by atoms with Crippen molar-refractivity contribution < 1.29 is 9.53 Å². The van der Waals surface area contributed by atoms with Gasteiger partial charge in [0.05, 0.1) is 0 Å². The summed E-state index contributed by atoms with van der Waals surface area (Å²) < 4.78 is 5.07. The Morgan fingerprint density at radius 1 is 1.41 bits per heavy atom. The van der Waals surface area contributed by atoms with Crippen molar-refractivity contribution in [1.29, 1.82) is 0 Å². The molecule has 0 atom stereocenters. The second kappa shape index (κ2) is 11.0. The molecule has 1 amide bonds. The van der Waals surface area contributed by atoms with Crippen LogP contribution in [0, 0.1) is 0 Å². The number of allylic oxidation sites excluding steroid dienone is 3. The first-order chi connectivity index (χ1) is 8.24. The number of hydrogen-bond donors (Lipinski definition) is 1. The predicted octanol–water partition coefficient (Wildman–Crippen LogP) is 3.59. The molecule has 0 spiro atoms. The molecule has 0 aromatic heterocycles. The summed E-state index contributed by atoms with van der Waals surface area (Å²) >= 11 is 0. The van der Waals surface area contributed by atoms with E-state index < -0.39 is 0 Å². The van der Waals surface area contributed by atoms with Crippen LogP contribution in [-0.2, 0) is 4.74 Å². The highest BCUT2D eigenvalue weighted by molar-refractivity contribution is 5.67. The average molecular weight is 237 g/mol. The number of carbonyl (C=O) groups is 1. The van der Waals surface area contributed by atoms with Crippen LogP contribution in [0.25, 0.3) is 0 Å². The van der Waals surface area contributed by atoms with E-state index in [1.165, 1.54) is 0 Å². The molecule has 1 N–H and O–H groups in total. The van der Waals surface area contributed by atoms with Crippen molar-refractivity contribution in [2.24, 2.45) is 0 Å². The van der Waals surface area contributed by atoms with Crippen LogP contribution in [0.4, 0.5) is 4.79 Å². The number of rotatable bonds is 8. The summed E-state index contributed by atoms with van der Waals surface area (Å²) in [5.74, 6) is 0. The number of hydrogen-bond acceptors (Lipinski definition) is 2. The van der Waals surface area contributed by atoms with Gasteiger partial charge in [-0.2, -0.15) is 0 Å². The number of alkyl carbamates (subject to hydrolysis) is 1. The van der Waals surface area contributed by atoms with Crippen LogP contribution in [0.1, 0.15) is 33.1 Å². The van der Waals surface area contributed by atoms with Gasteiger partial charge in [0.1, 0.15) is 6.61 Å². The topological polar surface area (TPSA) is 38.3 Å². The maximum Gasteiger partial charge on any atom is 0.407 e. The maximum atomic E-state index is 11.3. The summed E-state index contributed by atoms with van der Waals surface area (Å²) in [6.07, 6.45) is 10.2. The van der Waals surface area contributed by atoms with Crippen LogP contribution in [0.3, 0.4) is 0 Å². The zero-order chi connectivity index (χ0) is 12.9. The third-order valence-electron chi connectivity index (χ3n) is 2.24. The largest absolute Gasteiger partial charge is 0.445 e. The van der Waals surface area contributed by atoms with Gasteiger partial charge >= 0.3 is 6.09 Å². The molecule has 3 heteroatoms. The Morgan fingerprint density at radius 3 is 2.76 bits per heavy atom. The summed E-state index contributed by atoms with van der Waals surface area (Å²) in [5.41, 5.74) is 0.952. The molecule has 0 aliphatic rings. The van der Waals surface area contributed by atoms with Crippen molar-refractivity contribution in [2.45, 2.75) is 33.1 Å². The molecule has 0 unspecified atom stereocenters. The van der Waals surface area contributed by atoms with E-state index in [9.17, 15) is 4.79 Å². The lowest BCUT2D eigenvalue weighted by Crippen LogP contribution is -2.25. The van der Waals surface area contributed by atoms with Gasteiger partial charge in [-0.15, -0.1) is 0 Å². The van der Waals surface area contributed by atoms with Crippen LogP contribution < -0.4 is 5.32 Å². The Labute approximate surface area is 104 Å². The van der Waals surface area contributed by atoms with Gasteiger partial charge < -0.3 is 10.1 Å². The standard InChI is InChI=1S/C14H23NO2/c1-4-7-9-11-15-14(16)17-12-13(6-3)10-8-5-2/h5-6,8,10H,2,4,7,9,11-12H2,1,3H3,(H,15,16)/b10-8-,13-6+. The highest BCUT2D eigenvalue weighted by Crippen LogP contribution is 1.98. The van der Waals surface area contributed by atoms with Gasteiger partial charge in [-0.05, 0) is 18.9 Å². The molecule has 0 radical (unpaired) electrons. The van der Waals surface area contributed by atoms with Crippen molar-refractivity contribution in [3.8, 4) is 0 Å². The van der Waals surface area contributed by atoms with E-state index in [0.717, 1.165) is 24.8 Å². The maximum absolute atomic E-state index is 11.3. The highest BCUT2D eigenvalue weighted by Gasteiger charge is 2.01. The SMILES string of the molecule is C=C/C=C\C(=C/C)COC(=O)NCCCCC. The Bertz CT molecular complexity index is 280. The third-order valence-corrected chi connectivity index (χ3v) is 2.24. The minimum atomic E-state index is -0.354. The summed E-state index contributed by atoms with van der Waals surface area (Å²) in [7, 11) is 0. The van der Waals surface area contributed by atoms with Crippen molar-refractivity contribution in [1.82, 2.24) is 5.32 Å². The van der Waals surface area contributed by atoms with Crippen molar-refractivity contribution in [2.75, 3.05) is 13.2 Å². The zero-order valence-electron chi connectivity index (χ0n) is 10.9. The zero-order valence-corrected chi connectivity index (χ0v) is 10.9. The molecular formula is C14H23NO2. The van der Waals surface area contributed by atoms with E-state index >= 15 is 0 Å². The monoisotopic (exact) mass is 237 g/mol. The Balaban J connectivity index is 3.74. The van der Waals surface area contributed by atoms with E-state index in [1.807, 2.05) is 25.2 Å². The van der Waals surface area contributed by atoms with E-state index in [1.54, 1.807) is 6.08 Å². The molecule has 0 saturated heterocycles. The van der Waals surface area contributed by atoms with E-state index in [2.05, 4.69) is 18.8 Å². The van der Waals surface area contributed by atoms with Crippen LogP contribution in [0.5, 0.6) is 0 Å². The smallest absolute Gasteiger partial charge is 0.407 e. The fourth-order valence-corrected chi connectivity index (χ4v) is 1.18. The van der Waals surface area contributed by atoms with E-state index in [0.29, 0.717) is 13.2 Å². The molecule has 0 aromatic rings. The second-order valence-electron chi connectivity index (χ2n) is 3.67. The predicted molar refractivity (Wildman–Crippen MR) is 72.0 cm³/mol. The van der Waals surface area contributed by atoms with Gasteiger partial charge in [0, 0.05) is 6.54 Å². The van der Waals surface area contributed by atoms with E-state index in [-0.39, 0.29) is 6.09 Å². The van der Waals surface area contributed by atoms with Gasteiger partial charge in [0.15, 0.2) is 0 Å². The summed E-state index contributed by atoms with van der Waals surface area (Å²) in [6, 6.07) is 0. The van der Waals surface area contributed by atoms with Gasteiger partial charge in [-0.25, -0.2) is 4.79 Å². The highest BCUT2D eigenvalue weighted by atomic mass is 16.5. The molecule has 0 aromatic carbocycles. The molecule has 96 valence electrons. The molecule has 0 aliphatic carbocycles. The molecule has 0 bridgehead atoms. The quantitative estimate of drug-likeness (QED) is 0.517. The molecule has 0 saturated carbocycles. The van der Waals surface area contributed by atoms with Crippen LogP contribution in [0.2, 0.25) is 0 Å². The van der Waals surface area contributed by atoms with Gasteiger partial charge in [-0.3, -0.25) is 0 Å².